The number of nitrogens with two attached hydrogens (primary N) is 1. The zero-order valence-electron chi connectivity index (χ0n) is 15.8. The second-order valence-electron chi connectivity index (χ2n) is 6.92. The van der Waals surface area contributed by atoms with Crippen molar-refractivity contribution in [2.45, 2.75) is 33.2 Å². The zero-order valence-corrected chi connectivity index (χ0v) is 16.5. The maximum Gasteiger partial charge on any atom is 0.258 e. The van der Waals surface area contributed by atoms with E-state index in [2.05, 4.69) is 31.3 Å². The Hall–Kier alpha value is -2.53. The highest BCUT2D eigenvalue weighted by Crippen LogP contribution is 2.22. The highest BCUT2D eigenvalue weighted by molar-refractivity contribution is 6.31. The van der Waals surface area contributed by atoms with Gasteiger partial charge in [0.15, 0.2) is 6.61 Å². The second-order valence-corrected chi connectivity index (χ2v) is 7.36. The van der Waals surface area contributed by atoms with Crippen molar-refractivity contribution in [1.82, 2.24) is 5.32 Å². The molecule has 0 unspecified atom stereocenters. The fourth-order valence-electron chi connectivity index (χ4n) is 2.74. The Balaban J connectivity index is 1.93. The largest absolute Gasteiger partial charge is 0.483 e. The molecule has 0 heterocycles. The van der Waals surface area contributed by atoms with Gasteiger partial charge in [0, 0.05) is 5.02 Å². The van der Waals surface area contributed by atoms with Crippen LogP contribution < -0.4 is 15.8 Å². The molecule has 0 fully saturated rings. The summed E-state index contributed by atoms with van der Waals surface area (Å²) in [6, 6.07) is 12.6. The SMILES string of the molecule is CC(C)Cc1ccc([C@H](C)NC(=O)COc2ccc(Cl)cc2C(N)=O)cc1. The van der Waals surface area contributed by atoms with Crippen LogP contribution in [0.5, 0.6) is 5.75 Å². The van der Waals surface area contributed by atoms with E-state index in [1.54, 1.807) is 6.07 Å². The van der Waals surface area contributed by atoms with E-state index in [0.29, 0.717) is 10.9 Å². The molecule has 0 spiro atoms. The van der Waals surface area contributed by atoms with Gasteiger partial charge in [-0.1, -0.05) is 49.7 Å². The Morgan fingerprint density at radius 1 is 1.11 bits per heavy atom. The van der Waals surface area contributed by atoms with E-state index in [1.165, 1.54) is 17.7 Å². The van der Waals surface area contributed by atoms with Crippen LogP contribution >= 0.6 is 11.6 Å². The number of ether oxygens (including phenoxy) is 1. The van der Waals surface area contributed by atoms with Gasteiger partial charge in [0.1, 0.15) is 5.75 Å². The molecule has 0 aliphatic rings. The predicted molar refractivity (Wildman–Crippen MR) is 107 cm³/mol. The van der Waals surface area contributed by atoms with Gasteiger partial charge >= 0.3 is 0 Å². The van der Waals surface area contributed by atoms with Gasteiger partial charge in [0.05, 0.1) is 11.6 Å². The highest BCUT2D eigenvalue weighted by Gasteiger charge is 2.14. The average molecular weight is 389 g/mol. The first-order valence-corrected chi connectivity index (χ1v) is 9.24. The Bertz CT molecular complexity index is 804. The Morgan fingerprint density at radius 2 is 1.78 bits per heavy atom. The molecule has 0 radical (unpaired) electrons. The minimum atomic E-state index is -0.664. The summed E-state index contributed by atoms with van der Waals surface area (Å²) in [5, 5.41) is 3.25. The molecule has 0 aliphatic carbocycles. The monoisotopic (exact) mass is 388 g/mol. The molecule has 2 amide bonds. The van der Waals surface area contributed by atoms with Crippen molar-refractivity contribution < 1.29 is 14.3 Å². The lowest BCUT2D eigenvalue weighted by Gasteiger charge is -2.16. The summed E-state index contributed by atoms with van der Waals surface area (Å²) in [7, 11) is 0. The predicted octanol–water partition coefficient (Wildman–Crippen LogP) is 3.89. The van der Waals surface area contributed by atoms with Gasteiger partial charge in [0.2, 0.25) is 0 Å². The van der Waals surface area contributed by atoms with Crippen molar-refractivity contribution in [3.05, 3.63) is 64.2 Å². The maximum absolute atomic E-state index is 12.2. The molecule has 27 heavy (non-hydrogen) atoms. The van der Waals surface area contributed by atoms with Crippen LogP contribution in [-0.2, 0) is 11.2 Å². The number of benzene rings is 2. The van der Waals surface area contributed by atoms with Gasteiger partial charge < -0.3 is 15.8 Å². The smallest absolute Gasteiger partial charge is 0.258 e. The van der Waals surface area contributed by atoms with E-state index >= 15 is 0 Å². The summed E-state index contributed by atoms with van der Waals surface area (Å²) in [5.74, 6) is -0.127. The van der Waals surface area contributed by atoms with Crippen molar-refractivity contribution in [3.8, 4) is 5.75 Å². The number of amides is 2. The summed E-state index contributed by atoms with van der Waals surface area (Å²) in [6.07, 6.45) is 1.03. The van der Waals surface area contributed by atoms with Gasteiger partial charge in [-0.25, -0.2) is 0 Å². The van der Waals surface area contributed by atoms with E-state index in [1.807, 2.05) is 19.1 Å². The third kappa shape index (κ3) is 6.29. The Labute approximate surface area is 164 Å². The Kier molecular flexibility index (Phi) is 7.25. The van der Waals surface area contributed by atoms with Crippen molar-refractivity contribution >= 4 is 23.4 Å². The summed E-state index contributed by atoms with van der Waals surface area (Å²) >= 11 is 5.86. The first-order chi connectivity index (χ1) is 12.8. The molecule has 2 aromatic rings. The summed E-state index contributed by atoms with van der Waals surface area (Å²) < 4.78 is 5.44. The van der Waals surface area contributed by atoms with Crippen LogP contribution in [-0.4, -0.2) is 18.4 Å². The highest BCUT2D eigenvalue weighted by atomic mass is 35.5. The van der Waals surface area contributed by atoms with E-state index < -0.39 is 5.91 Å². The van der Waals surface area contributed by atoms with Crippen LogP contribution in [0, 0.1) is 5.92 Å². The topological polar surface area (TPSA) is 81.4 Å². The molecule has 2 aromatic carbocycles. The second kappa shape index (κ2) is 9.42. The summed E-state index contributed by atoms with van der Waals surface area (Å²) in [4.78, 5) is 23.6. The molecule has 0 aliphatic heterocycles. The van der Waals surface area contributed by atoms with Gasteiger partial charge in [-0.2, -0.15) is 0 Å². The molecule has 1 atom stereocenters. The lowest BCUT2D eigenvalue weighted by Crippen LogP contribution is -2.31. The number of primary amides is 1. The minimum absolute atomic E-state index is 0.143. The molecule has 0 saturated carbocycles. The maximum atomic E-state index is 12.2. The number of carbonyl (C=O) groups is 2. The van der Waals surface area contributed by atoms with Crippen LogP contribution in [0.25, 0.3) is 0 Å². The lowest BCUT2D eigenvalue weighted by molar-refractivity contribution is -0.123. The van der Waals surface area contributed by atoms with E-state index in [9.17, 15) is 9.59 Å². The molecule has 0 saturated heterocycles. The third-order valence-corrected chi connectivity index (χ3v) is 4.30. The van der Waals surface area contributed by atoms with Gasteiger partial charge in [0.25, 0.3) is 11.8 Å². The van der Waals surface area contributed by atoms with Gasteiger partial charge in [-0.3, -0.25) is 9.59 Å². The van der Waals surface area contributed by atoms with Crippen molar-refractivity contribution in [2.24, 2.45) is 11.7 Å². The molecular weight excluding hydrogens is 364 g/mol. The minimum Gasteiger partial charge on any atom is -0.483 e. The number of carbonyl (C=O) groups excluding carboxylic acids is 2. The Morgan fingerprint density at radius 3 is 2.37 bits per heavy atom. The number of halogens is 1. The first kappa shape index (κ1) is 20.8. The van der Waals surface area contributed by atoms with Crippen LogP contribution in [0.15, 0.2) is 42.5 Å². The molecule has 5 nitrogen and oxygen atoms in total. The fourth-order valence-corrected chi connectivity index (χ4v) is 2.92. The molecular formula is C21H25ClN2O3. The quantitative estimate of drug-likeness (QED) is 0.719. The van der Waals surface area contributed by atoms with E-state index in [4.69, 9.17) is 22.1 Å². The molecule has 3 N–H and O–H groups in total. The number of hydrogen-bond donors (Lipinski definition) is 2. The first-order valence-electron chi connectivity index (χ1n) is 8.86. The number of rotatable bonds is 8. The molecule has 144 valence electrons. The summed E-state index contributed by atoms with van der Waals surface area (Å²) in [5.41, 5.74) is 7.74. The zero-order chi connectivity index (χ0) is 20.0. The fraction of sp³-hybridized carbons (Fsp3) is 0.333. The average Bonchev–Trinajstić information content (AvgIpc) is 2.60. The molecule has 0 aromatic heterocycles. The van der Waals surface area contributed by atoms with Crippen LogP contribution in [0.3, 0.4) is 0 Å². The van der Waals surface area contributed by atoms with Crippen LogP contribution in [0.1, 0.15) is 48.3 Å². The normalized spacial score (nSPS) is 11.9. The van der Waals surface area contributed by atoms with E-state index in [0.717, 1.165) is 12.0 Å². The van der Waals surface area contributed by atoms with Crippen molar-refractivity contribution in [1.29, 1.82) is 0 Å². The molecule has 6 heteroatoms. The third-order valence-electron chi connectivity index (χ3n) is 4.07. The number of hydrogen-bond acceptors (Lipinski definition) is 3. The molecule has 0 bridgehead atoms. The number of nitrogens with one attached hydrogen (secondary N) is 1. The van der Waals surface area contributed by atoms with Crippen molar-refractivity contribution in [3.63, 3.8) is 0 Å². The van der Waals surface area contributed by atoms with Crippen molar-refractivity contribution in [2.75, 3.05) is 6.61 Å². The van der Waals surface area contributed by atoms with Crippen LogP contribution in [0.2, 0.25) is 5.02 Å². The van der Waals surface area contributed by atoms with Gasteiger partial charge in [-0.05, 0) is 48.6 Å². The van der Waals surface area contributed by atoms with Gasteiger partial charge in [-0.15, -0.1) is 0 Å². The lowest BCUT2D eigenvalue weighted by atomic mass is 10.00. The molecule has 2 rings (SSSR count). The summed E-state index contributed by atoms with van der Waals surface area (Å²) in [6.45, 7) is 6.05. The van der Waals surface area contributed by atoms with Crippen LogP contribution in [0.4, 0.5) is 0 Å². The standard InChI is InChI=1S/C21H25ClN2O3/c1-13(2)10-15-4-6-16(7-5-15)14(3)24-20(25)12-27-19-9-8-17(22)11-18(19)21(23)26/h4-9,11,13-14H,10,12H2,1-3H3,(H2,23,26)(H,24,25)/t14-/m0/s1. The van der Waals surface area contributed by atoms with E-state index in [-0.39, 0.29) is 29.9 Å².